The lowest BCUT2D eigenvalue weighted by Gasteiger charge is -2.76. The minimum atomic E-state index is -0.729. The minimum Gasteiger partial charge on any atom is -0.497 e. The summed E-state index contributed by atoms with van der Waals surface area (Å²) in [6, 6.07) is 12.4. The van der Waals surface area contributed by atoms with Gasteiger partial charge in [-0.2, -0.15) is 0 Å². The molecular formula is C33H39NO5. The molecule has 6 atom stereocenters. The first-order chi connectivity index (χ1) is 18.9. The van der Waals surface area contributed by atoms with Gasteiger partial charge >= 0.3 is 0 Å². The minimum absolute atomic E-state index is 0.0490. The number of methoxy groups -OCH3 is 3. The van der Waals surface area contributed by atoms with E-state index in [1.807, 2.05) is 31.4 Å². The van der Waals surface area contributed by atoms with Crippen molar-refractivity contribution in [1.82, 2.24) is 4.90 Å². The van der Waals surface area contributed by atoms with Gasteiger partial charge in [0.05, 0.1) is 19.6 Å². The van der Waals surface area contributed by atoms with Crippen molar-refractivity contribution in [2.75, 3.05) is 34.4 Å². The molecule has 39 heavy (non-hydrogen) atoms. The first-order valence-corrected chi connectivity index (χ1v) is 14.7. The monoisotopic (exact) mass is 529 g/mol. The lowest BCUT2D eigenvalue weighted by molar-refractivity contribution is -0.292. The Balaban J connectivity index is 1.34. The molecule has 6 heteroatoms. The van der Waals surface area contributed by atoms with Crippen LogP contribution in [0.3, 0.4) is 0 Å². The van der Waals surface area contributed by atoms with Crippen LogP contribution in [-0.2, 0) is 16.6 Å². The fourth-order valence-corrected chi connectivity index (χ4v) is 10.3. The summed E-state index contributed by atoms with van der Waals surface area (Å²) < 4.78 is 25.1. The summed E-state index contributed by atoms with van der Waals surface area (Å²) in [5.41, 5.74) is 1.83. The number of hydrogen-bond donors (Lipinski definition) is 0. The van der Waals surface area contributed by atoms with Gasteiger partial charge in [-0.3, -0.25) is 9.69 Å². The second-order valence-electron chi connectivity index (χ2n) is 13.3. The van der Waals surface area contributed by atoms with Gasteiger partial charge in [0.25, 0.3) is 0 Å². The third-order valence-corrected chi connectivity index (χ3v) is 12.1. The van der Waals surface area contributed by atoms with Gasteiger partial charge in [0.15, 0.2) is 17.3 Å². The quantitative estimate of drug-likeness (QED) is 0.460. The molecule has 2 aromatic rings. The third-order valence-electron chi connectivity index (χ3n) is 12.1. The van der Waals surface area contributed by atoms with Crippen LogP contribution in [0, 0.1) is 16.7 Å². The highest BCUT2D eigenvalue weighted by atomic mass is 16.6. The number of nitrogens with zero attached hydrogens (tertiary/aromatic N) is 1. The van der Waals surface area contributed by atoms with Gasteiger partial charge in [-0.15, -0.1) is 0 Å². The molecule has 0 amide bonds. The van der Waals surface area contributed by atoms with Crippen LogP contribution in [0.5, 0.6) is 17.2 Å². The molecule has 2 aromatic carbocycles. The smallest absolute Gasteiger partial charge is 0.171 e. The van der Waals surface area contributed by atoms with E-state index in [1.54, 1.807) is 14.2 Å². The van der Waals surface area contributed by atoms with E-state index in [2.05, 4.69) is 24.0 Å². The van der Waals surface area contributed by atoms with Crippen molar-refractivity contribution in [2.45, 2.75) is 75.0 Å². The number of hydrogen-bond acceptors (Lipinski definition) is 6. The van der Waals surface area contributed by atoms with Crippen molar-refractivity contribution in [3.8, 4) is 17.2 Å². The molecule has 2 heterocycles. The fraction of sp³-hybridized carbons (Fsp3) is 0.606. The standard InChI is InChI=1S/C33H39NO5/c1-30(28(35)21-7-10-23(36-2)11-8-21)19-31-13-14-33(30,38-4)29-32(31)15-16-34(18-20-5-6-20)25(31)17-22-9-12-24(37-3)27(39-29)26(22)32/h7-12,20,25,29H,5-6,13-19H2,1-4H3/t25-,29-,30-,31-,32+,33+/m1/s1. The van der Waals surface area contributed by atoms with Crippen LogP contribution in [0.1, 0.15) is 66.9 Å². The number of Topliss-reactive ketones (excluding diaryl/α,β-unsaturated/α-hetero) is 1. The Hall–Kier alpha value is -2.57. The highest BCUT2D eigenvalue weighted by Crippen LogP contribution is 2.79. The summed E-state index contributed by atoms with van der Waals surface area (Å²) in [5.74, 6) is 3.46. The highest BCUT2D eigenvalue weighted by molar-refractivity contribution is 6.02. The van der Waals surface area contributed by atoms with Crippen LogP contribution >= 0.6 is 0 Å². The molecule has 6 nitrogen and oxygen atoms in total. The van der Waals surface area contributed by atoms with Crippen LogP contribution in [0.4, 0.5) is 0 Å². The van der Waals surface area contributed by atoms with Crippen molar-refractivity contribution in [3.63, 3.8) is 0 Å². The molecule has 2 aliphatic heterocycles. The zero-order valence-electron chi connectivity index (χ0n) is 23.5. The number of piperidine rings is 1. The summed E-state index contributed by atoms with van der Waals surface area (Å²) in [6.45, 7) is 4.45. The molecule has 0 unspecified atom stereocenters. The number of carbonyl (C=O) groups is 1. The van der Waals surface area contributed by atoms with E-state index in [1.165, 1.54) is 30.5 Å². The highest BCUT2D eigenvalue weighted by Gasteiger charge is 2.84. The van der Waals surface area contributed by atoms with E-state index in [9.17, 15) is 4.79 Å². The molecule has 5 fully saturated rings. The maximum absolute atomic E-state index is 14.7. The number of ether oxygens (including phenoxy) is 4. The van der Waals surface area contributed by atoms with Gasteiger partial charge in [-0.1, -0.05) is 6.07 Å². The molecule has 7 aliphatic rings. The average molecular weight is 530 g/mol. The van der Waals surface area contributed by atoms with Crippen LogP contribution in [-0.4, -0.2) is 62.8 Å². The second kappa shape index (κ2) is 7.79. The Bertz CT molecular complexity index is 1370. The Morgan fingerprint density at radius 1 is 1.03 bits per heavy atom. The van der Waals surface area contributed by atoms with Crippen LogP contribution in [0.15, 0.2) is 36.4 Å². The Labute approximate surface area is 230 Å². The van der Waals surface area contributed by atoms with Crippen molar-refractivity contribution in [2.24, 2.45) is 16.7 Å². The molecule has 206 valence electrons. The molecule has 4 bridgehead atoms. The molecule has 5 aliphatic carbocycles. The summed E-state index contributed by atoms with van der Waals surface area (Å²) >= 11 is 0. The van der Waals surface area contributed by atoms with E-state index >= 15 is 0 Å². The summed E-state index contributed by atoms with van der Waals surface area (Å²) in [6.07, 6.45) is 7.26. The number of ketones is 1. The molecule has 2 spiro atoms. The van der Waals surface area contributed by atoms with Gasteiger partial charge in [-0.25, -0.2) is 0 Å². The van der Waals surface area contributed by atoms with Crippen molar-refractivity contribution in [1.29, 1.82) is 0 Å². The van der Waals surface area contributed by atoms with Gasteiger partial charge < -0.3 is 18.9 Å². The number of fused-ring (bicyclic) bond motifs is 2. The van der Waals surface area contributed by atoms with Gasteiger partial charge in [0.2, 0.25) is 0 Å². The number of likely N-dealkylation sites (tertiary alicyclic amines) is 1. The molecular weight excluding hydrogens is 490 g/mol. The zero-order valence-corrected chi connectivity index (χ0v) is 23.5. The average Bonchev–Trinajstić information content (AvgIpc) is 3.71. The van der Waals surface area contributed by atoms with Gasteiger partial charge in [0.1, 0.15) is 17.5 Å². The summed E-state index contributed by atoms with van der Waals surface area (Å²) in [4.78, 5) is 17.5. The van der Waals surface area contributed by atoms with Gasteiger partial charge in [-0.05, 0) is 100 Å². The predicted molar refractivity (Wildman–Crippen MR) is 147 cm³/mol. The lowest BCUT2D eigenvalue weighted by Crippen LogP contribution is -2.84. The number of benzene rings is 2. The SMILES string of the molecule is COc1ccc(C(=O)[C@@]2(C)C[C@@]34CC[C@]2(OC)[C@@H]2Oc5c(OC)ccc6c5[C@@]23CCN(CC2CC2)[C@@H]4C6)cc1. The molecule has 0 N–H and O–H groups in total. The fourth-order valence-electron chi connectivity index (χ4n) is 10.3. The Morgan fingerprint density at radius 2 is 1.82 bits per heavy atom. The van der Waals surface area contributed by atoms with Crippen molar-refractivity contribution < 1.29 is 23.7 Å². The van der Waals surface area contributed by atoms with E-state index in [-0.39, 0.29) is 22.7 Å². The van der Waals surface area contributed by atoms with Crippen LogP contribution < -0.4 is 14.2 Å². The largest absolute Gasteiger partial charge is 0.497 e. The summed E-state index contributed by atoms with van der Waals surface area (Å²) in [7, 11) is 5.20. The van der Waals surface area contributed by atoms with E-state index < -0.39 is 11.0 Å². The third kappa shape index (κ3) is 2.69. The van der Waals surface area contributed by atoms with E-state index in [4.69, 9.17) is 18.9 Å². The van der Waals surface area contributed by atoms with Gasteiger partial charge in [0, 0.05) is 41.7 Å². The van der Waals surface area contributed by atoms with Crippen LogP contribution in [0.25, 0.3) is 0 Å². The Kier molecular flexibility index (Phi) is 4.84. The molecule has 4 saturated carbocycles. The van der Waals surface area contributed by atoms with Crippen LogP contribution in [0.2, 0.25) is 0 Å². The van der Waals surface area contributed by atoms with E-state index in [0.717, 1.165) is 67.4 Å². The molecule has 9 rings (SSSR count). The summed E-state index contributed by atoms with van der Waals surface area (Å²) in [5, 5.41) is 0. The topological polar surface area (TPSA) is 57.2 Å². The van der Waals surface area contributed by atoms with Crippen molar-refractivity contribution >= 4 is 5.78 Å². The zero-order chi connectivity index (χ0) is 26.8. The van der Waals surface area contributed by atoms with E-state index in [0.29, 0.717) is 6.04 Å². The first-order valence-electron chi connectivity index (χ1n) is 14.7. The molecule has 1 saturated heterocycles. The number of rotatable bonds is 7. The maximum atomic E-state index is 14.7. The predicted octanol–water partition coefficient (Wildman–Crippen LogP) is 5.20. The number of carbonyl (C=O) groups excluding carboxylic acids is 1. The van der Waals surface area contributed by atoms with Crippen molar-refractivity contribution in [3.05, 3.63) is 53.1 Å². The maximum Gasteiger partial charge on any atom is 0.171 e. The Morgan fingerprint density at radius 3 is 2.51 bits per heavy atom. The normalized spacial score (nSPS) is 39.2. The lowest BCUT2D eigenvalue weighted by atomic mass is 9.31. The molecule has 0 radical (unpaired) electrons. The second-order valence-corrected chi connectivity index (χ2v) is 13.3. The molecule has 0 aromatic heterocycles. The first kappa shape index (κ1) is 24.2.